The molecular weight excluding hydrogens is 350 g/mol. The number of aromatic nitrogens is 1. The van der Waals surface area contributed by atoms with Gasteiger partial charge in [0.2, 0.25) is 0 Å². The van der Waals surface area contributed by atoms with E-state index in [0.29, 0.717) is 0 Å². The molecular formula is C23H27N3O2. The number of fused-ring (bicyclic) bond motifs is 1. The van der Waals surface area contributed by atoms with Gasteiger partial charge in [-0.3, -0.25) is 9.88 Å². The molecule has 146 valence electrons. The van der Waals surface area contributed by atoms with Gasteiger partial charge in [-0.15, -0.1) is 0 Å². The molecule has 4 rings (SSSR count). The van der Waals surface area contributed by atoms with Crippen molar-refractivity contribution in [1.82, 2.24) is 15.2 Å². The van der Waals surface area contributed by atoms with E-state index in [1.54, 1.807) is 14.2 Å². The lowest BCUT2D eigenvalue weighted by atomic mass is 9.94. The number of rotatable bonds is 5. The summed E-state index contributed by atoms with van der Waals surface area (Å²) in [5, 5.41) is 5.87. The Morgan fingerprint density at radius 3 is 2.75 bits per heavy atom. The Morgan fingerprint density at radius 1 is 0.964 bits per heavy atom. The molecule has 0 bridgehead atoms. The number of ether oxygens (including phenoxy) is 2. The molecule has 28 heavy (non-hydrogen) atoms. The van der Waals surface area contributed by atoms with E-state index in [1.165, 1.54) is 16.5 Å². The summed E-state index contributed by atoms with van der Waals surface area (Å²) in [7, 11) is 3.41. The molecule has 1 fully saturated rings. The zero-order valence-electron chi connectivity index (χ0n) is 16.5. The van der Waals surface area contributed by atoms with Gasteiger partial charge in [0, 0.05) is 49.0 Å². The molecule has 1 atom stereocenters. The molecule has 1 aliphatic rings. The summed E-state index contributed by atoms with van der Waals surface area (Å²) in [6.07, 6.45) is 4.90. The second-order valence-electron chi connectivity index (χ2n) is 7.13. The third-order valence-corrected chi connectivity index (χ3v) is 5.46. The summed E-state index contributed by atoms with van der Waals surface area (Å²) in [5.74, 6) is 1.66. The second-order valence-corrected chi connectivity index (χ2v) is 7.13. The lowest BCUT2D eigenvalue weighted by Gasteiger charge is -2.32. The minimum Gasteiger partial charge on any atom is -0.497 e. The number of hydrogen-bond acceptors (Lipinski definition) is 5. The van der Waals surface area contributed by atoms with Crippen molar-refractivity contribution in [3.63, 3.8) is 0 Å². The summed E-state index contributed by atoms with van der Waals surface area (Å²) < 4.78 is 11.2. The molecule has 2 aromatic carbocycles. The van der Waals surface area contributed by atoms with E-state index in [2.05, 4.69) is 45.5 Å². The highest BCUT2D eigenvalue weighted by atomic mass is 16.5. The Labute approximate surface area is 166 Å². The number of hydrogen-bond donors (Lipinski definition) is 1. The van der Waals surface area contributed by atoms with Gasteiger partial charge in [0.1, 0.15) is 11.5 Å². The van der Waals surface area contributed by atoms with Crippen molar-refractivity contribution in [2.75, 3.05) is 40.4 Å². The van der Waals surface area contributed by atoms with E-state index in [0.717, 1.165) is 49.5 Å². The number of pyridine rings is 1. The van der Waals surface area contributed by atoms with Crippen LogP contribution in [0.3, 0.4) is 0 Å². The molecule has 1 aliphatic heterocycles. The first-order chi connectivity index (χ1) is 13.8. The van der Waals surface area contributed by atoms with Gasteiger partial charge < -0.3 is 14.8 Å². The van der Waals surface area contributed by atoms with Crippen LogP contribution in [0.15, 0.2) is 54.9 Å². The van der Waals surface area contributed by atoms with Crippen molar-refractivity contribution >= 4 is 10.8 Å². The monoisotopic (exact) mass is 377 g/mol. The molecule has 1 unspecified atom stereocenters. The molecule has 1 saturated heterocycles. The van der Waals surface area contributed by atoms with Gasteiger partial charge in [-0.25, -0.2) is 0 Å². The second kappa shape index (κ2) is 8.59. The normalized spacial score (nSPS) is 16.5. The maximum atomic E-state index is 5.77. The quantitative estimate of drug-likeness (QED) is 0.736. The predicted molar refractivity (Wildman–Crippen MR) is 112 cm³/mol. The molecule has 0 spiro atoms. The number of benzene rings is 2. The first-order valence-electron chi connectivity index (χ1n) is 9.80. The average Bonchev–Trinajstić information content (AvgIpc) is 3.03. The van der Waals surface area contributed by atoms with Crippen molar-refractivity contribution in [2.45, 2.75) is 12.5 Å². The van der Waals surface area contributed by atoms with E-state index < -0.39 is 0 Å². The van der Waals surface area contributed by atoms with Gasteiger partial charge in [0.15, 0.2) is 0 Å². The van der Waals surface area contributed by atoms with Crippen molar-refractivity contribution in [2.24, 2.45) is 0 Å². The lowest BCUT2D eigenvalue weighted by Crippen LogP contribution is -2.33. The predicted octanol–water partition coefficient (Wildman–Crippen LogP) is 3.64. The Bertz CT molecular complexity index is 936. The number of nitrogens with one attached hydrogen (secondary N) is 1. The van der Waals surface area contributed by atoms with Crippen LogP contribution in [0.4, 0.5) is 0 Å². The molecule has 0 aliphatic carbocycles. The van der Waals surface area contributed by atoms with Gasteiger partial charge in [0.25, 0.3) is 0 Å². The van der Waals surface area contributed by atoms with E-state index in [1.807, 2.05) is 24.5 Å². The topological polar surface area (TPSA) is 46.6 Å². The minimum absolute atomic E-state index is 0.123. The zero-order chi connectivity index (χ0) is 19.3. The largest absolute Gasteiger partial charge is 0.497 e. The Balaban J connectivity index is 1.83. The maximum Gasteiger partial charge on any atom is 0.127 e. The third kappa shape index (κ3) is 3.81. The summed E-state index contributed by atoms with van der Waals surface area (Å²) in [6, 6.07) is 15.0. The van der Waals surface area contributed by atoms with Crippen LogP contribution in [-0.4, -0.2) is 50.3 Å². The van der Waals surface area contributed by atoms with Crippen molar-refractivity contribution in [1.29, 1.82) is 0 Å². The van der Waals surface area contributed by atoms with E-state index in [-0.39, 0.29) is 6.04 Å². The summed E-state index contributed by atoms with van der Waals surface area (Å²) in [6.45, 7) is 4.09. The third-order valence-electron chi connectivity index (χ3n) is 5.46. The van der Waals surface area contributed by atoms with Crippen LogP contribution in [0.5, 0.6) is 11.5 Å². The van der Waals surface area contributed by atoms with Crippen LogP contribution in [0.2, 0.25) is 0 Å². The molecule has 0 amide bonds. The van der Waals surface area contributed by atoms with Crippen LogP contribution < -0.4 is 14.8 Å². The molecule has 1 N–H and O–H groups in total. The van der Waals surface area contributed by atoms with E-state index in [4.69, 9.17) is 9.47 Å². The van der Waals surface area contributed by atoms with Crippen LogP contribution in [-0.2, 0) is 0 Å². The molecule has 5 nitrogen and oxygen atoms in total. The number of nitrogens with zero attached hydrogens (tertiary/aromatic N) is 2. The molecule has 1 aromatic heterocycles. The fourth-order valence-corrected chi connectivity index (χ4v) is 4.03. The maximum absolute atomic E-state index is 5.77. The van der Waals surface area contributed by atoms with Gasteiger partial charge in [-0.05, 0) is 48.2 Å². The Morgan fingerprint density at radius 2 is 1.89 bits per heavy atom. The van der Waals surface area contributed by atoms with Crippen molar-refractivity contribution < 1.29 is 9.47 Å². The first kappa shape index (κ1) is 18.7. The molecule has 2 heterocycles. The van der Waals surface area contributed by atoms with Crippen LogP contribution >= 0.6 is 0 Å². The average molecular weight is 377 g/mol. The Hall–Kier alpha value is -2.63. The van der Waals surface area contributed by atoms with E-state index in [9.17, 15) is 0 Å². The lowest BCUT2D eigenvalue weighted by molar-refractivity contribution is 0.236. The van der Waals surface area contributed by atoms with Crippen molar-refractivity contribution in [3.05, 3.63) is 66.0 Å². The summed E-state index contributed by atoms with van der Waals surface area (Å²) in [4.78, 5) is 6.79. The number of methoxy groups -OCH3 is 2. The van der Waals surface area contributed by atoms with Gasteiger partial charge in [-0.1, -0.05) is 12.1 Å². The highest BCUT2D eigenvalue weighted by Gasteiger charge is 2.26. The minimum atomic E-state index is 0.123. The van der Waals surface area contributed by atoms with Crippen LogP contribution in [0.25, 0.3) is 10.8 Å². The SMILES string of the molecule is COc1ccc(C(c2ccc3cnccc3c2)N2CCCNCC2)c(OC)c1. The smallest absolute Gasteiger partial charge is 0.127 e. The standard InChI is InChI=1S/C23H27N3O2/c1-27-20-6-7-21(22(15-20)28-2)23(26-12-3-9-24-11-13-26)18-4-5-19-16-25-10-8-17(19)14-18/h4-8,10,14-16,23-24H,3,9,11-13H2,1-2H3. The molecule has 0 saturated carbocycles. The van der Waals surface area contributed by atoms with Crippen molar-refractivity contribution in [3.8, 4) is 11.5 Å². The highest BCUT2D eigenvalue weighted by molar-refractivity contribution is 5.82. The molecule has 5 heteroatoms. The highest BCUT2D eigenvalue weighted by Crippen LogP contribution is 2.38. The molecule has 3 aromatic rings. The Kier molecular flexibility index (Phi) is 5.74. The van der Waals surface area contributed by atoms with Gasteiger partial charge in [0.05, 0.1) is 20.3 Å². The first-order valence-corrected chi connectivity index (χ1v) is 9.80. The summed E-state index contributed by atoms with van der Waals surface area (Å²) in [5.41, 5.74) is 2.43. The summed E-state index contributed by atoms with van der Waals surface area (Å²) >= 11 is 0. The van der Waals surface area contributed by atoms with Crippen LogP contribution in [0, 0.1) is 0 Å². The fraction of sp³-hybridized carbons (Fsp3) is 0.348. The van der Waals surface area contributed by atoms with Gasteiger partial charge in [-0.2, -0.15) is 0 Å². The van der Waals surface area contributed by atoms with Gasteiger partial charge >= 0.3 is 0 Å². The van der Waals surface area contributed by atoms with Crippen LogP contribution in [0.1, 0.15) is 23.6 Å². The molecule has 0 radical (unpaired) electrons. The van der Waals surface area contributed by atoms with E-state index >= 15 is 0 Å². The fourth-order valence-electron chi connectivity index (χ4n) is 4.03. The zero-order valence-corrected chi connectivity index (χ0v) is 16.5.